The van der Waals surface area contributed by atoms with E-state index in [2.05, 4.69) is 29.7 Å². The van der Waals surface area contributed by atoms with Gasteiger partial charge in [-0.15, -0.1) is 0 Å². The predicted octanol–water partition coefficient (Wildman–Crippen LogP) is 5.00. The molecule has 11 nitrogen and oxygen atoms in total. The van der Waals surface area contributed by atoms with Crippen LogP contribution in [0.5, 0.6) is 11.8 Å². The zero-order valence-electron chi connectivity index (χ0n) is 23.0. The number of hydrogen-bond acceptors (Lipinski definition) is 10. The number of methoxy groups -OCH3 is 2. The number of halogens is 3. The number of esters is 1. The van der Waals surface area contributed by atoms with Gasteiger partial charge in [-0.2, -0.15) is 18.2 Å². The van der Waals surface area contributed by atoms with Crippen molar-refractivity contribution in [1.82, 2.24) is 34.5 Å². The van der Waals surface area contributed by atoms with Gasteiger partial charge in [-0.1, -0.05) is 24.3 Å². The first-order valence-electron chi connectivity index (χ1n) is 13.2. The van der Waals surface area contributed by atoms with Crippen LogP contribution in [-0.2, 0) is 28.9 Å². The molecule has 0 aliphatic heterocycles. The lowest BCUT2D eigenvalue weighted by Gasteiger charge is -2.13. The molecule has 43 heavy (non-hydrogen) atoms. The van der Waals surface area contributed by atoms with E-state index < -0.39 is 24.4 Å². The Balaban J connectivity index is 1.30. The van der Waals surface area contributed by atoms with E-state index in [4.69, 9.17) is 14.5 Å². The first-order chi connectivity index (χ1) is 20.7. The topological polar surface area (TPSA) is 127 Å². The van der Waals surface area contributed by atoms with Crippen molar-refractivity contribution in [3.63, 3.8) is 0 Å². The third-order valence-electron chi connectivity index (χ3n) is 6.84. The molecular weight excluding hydrogens is 567 g/mol. The molecule has 1 saturated carbocycles. The summed E-state index contributed by atoms with van der Waals surface area (Å²) in [5.41, 5.74) is 1.80. The Kier molecular flexibility index (Phi) is 7.34. The van der Waals surface area contributed by atoms with Crippen molar-refractivity contribution in [3.8, 4) is 34.5 Å². The van der Waals surface area contributed by atoms with E-state index in [1.165, 1.54) is 13.4 Å². The van der Waals surface area contributed by atoms with Crippen LogP contribution in [0.3, 0.4) is 0 Å². The molecular formula is C29H24F3N7O4. The number of nitrogens with zero attached hydrogens (tertiary/aromatic N) is 7. The second kappa shape index (κ2) is 11.3. The molecule has 0 atom stereocenters. The average molecular weight is 592 g/mol. The van der Waals surface area contributed by atoms with Crippen LogP contribution in [0.25, 0.3) is 33.8 Å². The standard InChI is InChI=1S/C29H24F3N7O4/c1-41-21(40)13-39-12-20(29(30,31)32)36-26(39)18-7-5-16(6-8-18)14-43-27-19-4-3-11-33-24(19)37-25(38-27)22-23(17-9-10-17)34-15-35-28(22)42-2/h3-8,11-12,15,17H,9-10,13-14H2,1-2H3. The van der Waals surface area contributed by atoms with Gasteiger partial charge in [0, 0.05) is 23.9 Å². The van der Waals surface area contributed by atoms with Gasteiger partial charge in [0.2, 0.25) is 11.8 Å². The fourth-order valence-electron chi connectivity index (χ4n) is 4.58. The maximum atomic E-state index is 13.4. The van der Waals surface area contributed by atoms with E-state index in [0.717, 1.165) is 36.4 Å². The van der Waals surface area contributed by atoms with Gasteiger partial charge >= 0.3 is 12.1 Å². The lowest BCUT2D eigenvalue weighted by atomic mass is 10.1. The van der Waals surface area contributed by atoms with E-state index in [1.807, 2.05) is 0 Å². The molecule has 0 unspecified atom stereocenters. The maximum Gasteiger partial charge on any atom is 0.434 e. The minimum absolute atomic E-state index is 0.0202. The molecule has 6 rings (SSSR count). The van der Waals surface area contributed by atoms with Crippen LogP contribution < -0.4 is 9.47 Å². The Morgan fingerprint density at radius 1 is 1.00 bits per heavy atom. The Labute approximate surface area is 242 Å². The van der Waals surface area contributed by atoms with Crippen LogP contribution in [0.4, 0.5) is 13.2 Å². The number of benzene rings is 1. The maximum absolute atomic E-state index is 13.4. The van der Waals surface area contributed by atoms with Gasteiger partial charge in [0.05, 0.1) is 25.3 Å². The van der Waals surface area contributed by atoms with Gasteiger partial charge in [-0.25, -0.2) is 24.9 Å². The first-order valence-corrected chi connectivity index (χ1v) is 13.2. The molecule has 220 valence electrons. The van der Waals surface area contributed by atoms with Crippen molar-refractivity contribution in [1.29, 1.82) is 0 Å². The Hall–Kier alpha value is -5.14. The minimum atomic E-state index is -4.67. The smallest absolute Gasteiger partial charge is 0.434 e. The van der Waals surface area contributed by atoms with Crippen LogP contribution in [0.2, 0.25) is 0 Å². The summed E-state index contributed by atoms with van der Waals surface area (Å²) in [4.78, 5) is 38.0. The van der Waals surface area contributed by atoms with Crippen molar-refractivity contribution in [2.75, 3.05) is 14.2 Å². The molecule has 0 bridgehead atoms. The molecule has 1 aliphatic rings. The molecule has 4 aromatic heterocycles. The molecule has 14 heteroatoms. The molecule has 0 N–H and O–H groups in total. The average Bonchev–Trinajstić information content (AvgIpc) is 3.78. The number of pyridine rings is 1. The van der Waals surface area contributed by atoms with Gasteiger partial charge in [0.15, 0.2) is 17.2 Å². The molecule has 1 aliphatic carbocycles. The van der Waals surface area contributed by atoms with Crippen LogP contribution in [-0.4, -0.2) is 54.7 Å². The summed E-state index contributed by atoms with van der Waals surface area (Å²) in [6, 6.07) is 10.1. The highest BCUT2D eigenvalue weighted by Gasteiger charge is 2.35. The number of carbonyl (C=O) groups excluding carboxylic acids is 1. The van der Waals surface area contributed by atoms with E-state index in [0.29, 0.717) is 39.4 Å². The second-order valence-corrected chi connectivity index (χ2v) is 9.78. The normalized spacial score (nSPS) is 13.2. The molecule has 1 fully saturated rings. The van der Waals surface area contributed by atoms with E-state index >= 15 is 0 Å². The number of imidazole rings is 1. The summed E-state index contributed by atoms with van der Waals surface area (Å²) in [5, 5.41) is 0.594. The third-order valence-corrected chi connectivity index (χ3v) is 6.84. The fourth-order valence-corrected chi connectivity index (χ4v) is 4.58. The van der Waals surface area contributed by atoms with Crippen molar-refractivity contribution in [2.45, 2.75) is 38.1 Å². The summed E-state index contributed by atoms with van der Waals surface area (Å²) >= 11 is 0. The Bertz CT molecular complexity index is 1800. The largest absolute Gasteiger partial charge is 0.480 e. The summed E-state index contributed by atoms with van der Waals surface area (Å²) in [6.45, 7) is -0.334. The van der Waals surface area contributed by atoms with Crippen LogP contribution >= 0.6 is 0 Å². The lowest BCUT2D eigenvalue weighted by Crippen LogP contribution is -2.12. The summed E-state index contributed by atoms with van der Waals surface area (Å²) in [6.07, 6.45) is 1.19. The number of alkyl halides is 3. The molecule has 0 spiro atoms. The predicted molar refractivity (Wildman–Crippen MR) is 146 cm³/mol. The molecule has 4 heterocycles. The van der Waals surface area contributed by atoms with Gasteiger partial charge in [-0.3, -0.25) is 4.79 Å². The number of carbonyl (C=O) groups is 1. The zero-order valence-corrected chi connectivity index (χ0v) is 23.0. The van der Waals surface area contributed by atoms with Crippen molar-refractivity contribution in [2.24, 2.45) is 0 Å². The van der Waals surface area contributed by atoms with Crippen LogP contribution in [0.1, 0.15) is 35.7 Å². The fraction of sp³-hybridized carbons (Fsp3) is 0.276. The van der Waals surface area contributed by atoms with Crippen molar-refractivity contribution < 1.29 is 32.2 Å². The molecule has 1 aromatic carbocycles. The highest BCUT2D eigenvalue weighted by molar-refractivity contribution is 5.83. The van der Waals surface area contributed by atoms with Crippen LogP contribution in [0, 0.1) is 0 Å². The van der Waals surface area contributed by atoms with E-state index in [9.17, 15) is 18.0 Å². The SMILES string of the molecule is COC(=O)Cn1cc(C(F)(F)F)nc1-c1ccc(COc2nc(-c3c(OC)ncnc3C3CC3)nc3ncccc23)cc1. The van der Waals surface area contributed by atoms with Gasteiger partial charge in [0.1, 0.15) is 30.9 Å². The molecule has 0 amide bonds. The van der Waals surface area contributed by atoms with E-state index in [1.54, 1.807) is 42.6 Å². The van der Waals surface area contributed by atoms with Gasteiger partial charge in [-0.05, 0) is 30.5 Å². The quantitative estimate of drug-likeness (QED) is 0.216. The highest BCUT2D eigenvalue weighted by atomic mass is 19.4. The zero-order chi connectivity index (χ0) is 30.1. The summed E-state index contributed by atoms with van der Waals surface area (Å²) in [5.74, 6) is 0.517. The molecule has 0 saturated heterocycles. The highest BCUT2D eigenvalue weighted by Crippen LogP contribution is 2.45. The third kappa shape index (κ3) is 5.80. The van der Waals surface area contributed by atoms with Crippen molar-refractivity contribution in [3.05, 3.63) is 72.1 Å². The number of aromatic nitrogens is 7. The molecule has 0 radical (unpaired) electrons. The van der Waals surface area contributed by atoms with Gasteiger partial charge < -0.3 is 18.8 Å². The number of ether oxygens (including phenoxy) is 3. The Morgan fingerprint density at radius 2 is 1.79 bits per heavy atom. The molecule has 5 aromatic rings. The van der Waals surface area contributed by atoms with Crippen molar-refractivity contribution >= 4 is 17.0 Å². The van der Waals surface area contributed by atoms with E-state index in [-0.39, 0.29) is 24.2 Å². The number of hydrogen-bond donors (Lipinski definition) is 0. The first kappa shape index (κ1) is 28.0. The monoisotopic (exact) mass is 591 g/mol. The lowest BCUT2D eigenvalue weighted by molar-refractivity contribution is -0.143. The summed E-state index contributed by atoms with van der Waals surface area (Å²) in [7, 11) is 2.68. The second-order valence-electron chi connectivity index (χ2n) is 9.78. The minimum Gasteiger partial charge on any atom is -0.480 e. The number of fused-ring (bicyclic) bond motifs is 1. The number of rotatable bonds is 9. The van der Waals surface area contributed by atoms with Crippen LogP contribution in [0.15, 0.2) is 55.1 Å². The Morgan fingerprint density at radius 3 is 2.49 bits per heavy atom. The summed E-state index contributed by atoms with van der Waals surface area (Å²) < 4.78 is 57.5. The van der Waals surface area contributed by atoms with Gasteiger partial charge in [0.25, 0.3) is 0 Å².